The van der Waals surface area contributed by atoms with Crippen LogP contribution in [0.4, 0.5) is 0 Å². The van der Waals surface area contributed by atoms with E-state index in [0.717, 1.165) is 6.42 Å². The standard InChI is InChI=1S/C18H27NO2/c1-13(2)10-16(18(21)19-12-14(3)4)11-17(20)15-8-6-5-7-9-15/h5-9,13-14,16H,10-12H2,1-4H3,(H,19,21)/t16-/m1/s1. The first kappa shape index (κ1) is 17.4. The molecule has 0 aliphatic carbocycles. The number of ketones is 1. The fraction of sp³-hybridized carbons (Fsp3) is 0.556. The summed E-state index contributed by atoms with van der Waals surface area (Å²) in [5.41, 5.74) is 0.683. The lowest BCUT2D eigenvalue weighted by atomic mass is 9.90. The summed E-state index contributed by atoms with van der Waals surface area (Å²) in [7, 11) is 0. The van der Waals surface area contributed by atoms with Crippen molar-refractivity contribution in [3.05, 3.63) is 35.9 Å². The highest BCUT2D eigenvalue weighted by atomic mass is 16.2. The Kier molecular flexibility index (Phi) is 7.13. The second-order valence-electron chi connectivity index (χ2n) is 6.46. The van der Waals surface area contributed by atoms with Crippen molar-refractivity contribution in [3.63, 3.8) is 0 Å². The summed E-state index contributed by atoms with van der Waals surface area (Å²) in [5.74, 6) is 0.612. The van der Waals surface area contributed by atoms with Crippen LogP contribution < -0.4 is 5.32 Å². The summed E-state index contributed by atoms with van der Waals surface area (Å²) >= 11 is 0. The molecule has 0 aliphatic heterocycles. The molecule has 21 heavy (non-hydrogen) atoms. The molecule has 0 bridgehead atoms. The van der Waals surface area contributed by atoms with Crippen molar-refractivity contribution in [2.24, 2.45) is 17.8 Å². The smallest absolute Gasteiger partial charge is 0.223 e. The first-order chi connectivity index (χ1) is 9.90. The fourth-order valence-electron chi connectivity index (χ4n) is 2.27. The van der Waals surface area contributed by atoms with Crippen LogP contribution in [0.15, 0.2) is 30.3 Å². The molecular formula is C18H27NO2. The van der Waals surface area contributed by atoms with Gasteiger partial charge in [-0.1, -0.05) is 58.0 Å². The molecule has 0 unspecified atom stereocenters. The number of carbonyl (C=O) groups is 2. The average Bonchev–Trinajstić information content (AvgIpc) is 2.44. The van der Waals surface area contributed by atoms with E-state index in [-0.39, 0.29) is 24.0 Å². The van der Waals surface area contributed by atoms with Gasteiger partial charge in [0.1, 0.15) is 0 Å². The molecule has 1 aromatic carbocycles. The SMILES string of the molecule is CC(C)CNC(=O)[C@@H](CC(=O)c1ccccc1)CC(C)C. The maximum Gasteiger partial charge on any atom is 0.223 e. The first-order valence-electron chi connectivity index (χ1n) is 7.76. The molecule has 0 saturated carbocycles. The van der Waals surface area contributed by atoms with E-state index in [1.165, 1.54) is 0 Å². The maximum absolute atomic E-state index is 12.3. The second kappa shape index (κ2) is 8.60. The number of Topliss-reactive ketones (excluding diaryl/α,β-unsaturated/α-hetero) is 1. The average molecular weight is 289 g/mol. The van der Waals surface area contributed by atoms with Crippen molar-refractivity contribution in [2.75, 3.05) is 6.54 Å². The van der Waals surface area contributed by atoms with E-state index in [1.54, 1.807) is 12.1 Å². The Morgan fingerprint density at radius 3 is 2.14 bits per heavy atom. The maximum atomic E-state index is 12.3. The van der Waals surface area contributed by atoms with Crippen LogP contribution >= 0.6 is 0 Å². The van der Waals surface area contributed by atoms with Crippen LogP contribution in [0.3, 0.4) is 0 Å². The van der Waals surface area contributed by atoms with E-state index in [9.17, 15) is 9.59 Å². The monoisotopic (exact) mass is 289 g/mol. The predicted molar refractivity (Wildman–Crippen MR) is 86.2 cm³/mol. The highest BCUT2D eigenvalue weighted by Crippen LogP contribution is 2.19. The van der Waals surface area contributed by atoms with Crippen molar-refractivity contribution in [3.8, 4) is 0 Å². The van der Waals surface area contributed by atoms with Crippen molar-refractivity contribution >= 4 is 11.7 Å². The van der Waals surface area contributed by atoms with E-state index < -0.39 is 0 Å². The van der Waals surface area contributed by atoms with Gasteiger partial charge in [0.2, 0.25) is 5.91 Å². The summed E-state index contributed by atoms with van der Waals surface area (Å²) in [6.07, 6.45) is 1.02. The molecule has 1 N–H and O–H groups in total. The van der Waals surface area contributed by atoms with Gasteiger partial charge in [-0.05, 0) is 18.3 Å². The molecule has 3 nitrogen and oxygen atoms in total. The largest absolute Gasteiger partial charge is 0.356 e. The molecule has 1 aromatic rings. The topological polar surface area (TPSA) is 46.2 Å². The third-order valence-corrected chi connectivity index (χ3v) is 3.34. The quantitative estimate of drug-likeness (QED) is 0.742. The van der Waals surface area contributed by atoms with Gasteiger partial charge in [0, 0.05) is 24.4 Å². The van der Waals surface area contributed by atoms with E-state index in [4.69, 9.17) is 0 Å². The normalized spacial score (nSPS) is 12.5. The van der Waals surface area contributed by atoms with E-state index >= 15 is 0 Å². The number of amides is 1. The highest BCUT2D eigenvalue weighted by Gasteiger charge is 2.23. The second-order valence-corrected chi connectivity index (χ2v) is 6.46. The zero-order chi connectivity index (χ0) is 15.8. The van der Waals surface area contributed by atoms with Gasteiger partial charge in [-0.3, -0.25) is 9.59 Å². The number of hydrogen-bond donors (Lipinski definition) is 1. The highest BCUT2D eigenvalue weighted by molar-refractivity contribution is 5.98. The Labute approximate surface area is 128 Å². The molecule has 116 valence electrons. The number of carbonyl (C=O) groups excluding carboxylic acids is 2. The Hall–Kier alpha value is -1.64. The van der Waals surface area contributed by atoms with Gasteiger partial charge < -0.3 is 5.32 Å². The van der Waals surface area contributed by atoms with Crippen molar-refractivity contribution in [2.45, 2.75) is 40.5 Å². The molecule has 0 heterocycles. The number of nitrogens with one attached hydrogen (secondary N) is 1. The number of hydrogen-bond acceptors (Lipinski definition) is 2. The van der Waals surface area contributed by atoms with Crippen LogP contribution in [0.5, 0.6) is 0 Å². The molecule has 1 atom stereocenters. The van der Waals surface area contributed by atoms with Crippen LogP contribution in [0.2, 0.25) is 0 Å². The molecule has 0 spiro atoms. The van der Waals surface area contributed by atoms with Crippen LogP contribution in [0.1, 0.15) is 50.9 Å². The van der Waals surface area contributed by atoms with Crippen LogP contribution in [0.25, 0.3) is 0 Å². The zero-order valence-electron chi connectivity index (χ0n) is 13.6. The van der Waals surface area contributed by atoms with Gasteiger partial charge in [0.15, 0.2) is 5.78 Å². The fourth-order valence-corrected chi connectivity index (χ4v) is 2.27. The molecule has 1 amide bonds. The Balaban J connectivity index is 2.69. The van der Waals surface area contributed by atoms with E-state index in [2.05, 4.69) is 33.0 Å². The van der Waals surface area contributed by atoms with E-state index in [1.807, 2.05) is 18.2 Å². The van der Waals surface area contributed by atoms with Gasteiger partial charge in [-0.25, -0.2) is 0 Å². The summed E-state index contributed by atoms with van der Waals surface area (Å²) in [6, 6.07) is 9.20. The number of rotatable bonds is 8. The molecular weight excluding hydrogens is 262 g/mol. The molecule has 1 rings (SSSR count). The molecule has 0 fully saturated rings. The summed E-state index contributed by atoms with van der Waals surface area (Å²) in [4.78, 5) is 24.6. The van der Waals surface area contributed by atoms with Gasteiger partial charge in [0.25, 0.3) is 0 Å². The van der Waals surface area contributed by atoms with Gasteiger partial charge in [-0.15, -0.1) is 0 Å². The lowest BCUT2D eigenvalue weighted by Crippen LogP contribution is -2.35. The molecule has 3 heteroatoms. The van der Waals surface area contributed by atoms with Gasteiger partial charge in [-0.2, -0.15) is 0 Å². The van der Waals surface area contributed by atoms with Crippen LogP contribution in [-0.2, 0) is 4.79 Å². The molecule has 0 radical (unpaired) electrons. The van der Waals surface area contributed by atoms with Crippen molar-refractivity contribution in [1.82, 2.24) is 5.32 Å². The lowest BCUT2D eigenvalue weighted by molar-refractivity contribution is -0.125. The number of benzene rings is 1. The Morgan fingerprint density at radius 2 is 1.62 bits per heavy atom. The van der Waals surface area contributed by atoms with E-state index in [0.29, 0.717) is 23.9 Å². The van der Waals surface area contributed by atoms with Crippen molar-refractivity contribution in [1.29, 1.82) is 0 Å². The third kappa shape index (κ3) is 6.56. The lowest BCUT2D eigenvalue weighted by Gasteiger charge is -2.19. The minimum Gasteiger partial charge on any atom is -0.356 e. The third-order valence-electron chi connectivity index (χ3n) is 3.34. The van der Waals surface area contributed by atoms with Gasteiger partial charge in [0.05, 0.1) is 0 Å². The van der Waals surface area contributed by atoms with Crippen molar-refractivity contribution < 1.29 is 9.59 Å². The summed E-state index contributed by atoms with van der Waals surface area (Å²) in [6.45, 7) is 8.94. The molecule has 0 aliphatic rings. The van der Waals surface area contributed by atoms with Crippen LogP contribution in [0, 0.1) is 17.8 Å². The zero-order valence-corrected chi connectivity index (χ0v) is 13.6. The minimum absolute atomic E-state index is 0.00156. The summed E-state index contributed by atoms with van der Waals surface area (Å²) in [5, 5.41) is 2.95. The predicted octanol–water partition coefficient (Wildman–Crippen LogP) is 3.69. The Morgan fingerprint density at radius 1 is 1.00 bits per heavy atom. The first-order valence-corrected chi connectivity index (χ1v) is 7.76. The minimum atomic E-state index is -0.239. The summed E-state index contributed by atoms with van der Waals surface area (Å²) < 4.78 is 0. The Bertz CT molecular complexity index is 452. The van der Waals surface area contributed by atoms with Crippen LogP contribution in [-0.4, -0.2) is 18.2 Å². The molecule has 0 saturated heterocycles. The van der Waals surface area contributed by atoms with Gasteiger partial charge >= 0.3 is 0 Å². The molecule has 0 aromatic heterocycles.